The molecule has 0 aliphatic heterocycles. The standard InChI is InChI=1S/C15H16N2O4/c1-3-12-16-17-13(21-12)9-20-15-10(2)5-4-6-11(15)7-8-14(18)19/h4-8H,3,9H2,1-2H3,(H,18,19)/b8-7+. The first-order chi connectivity index (χ1) is 10.1. The van der Waals surface area contributed by atoms with E-state index in [1.807, 2.05) is 26.0 Å². The molecule has 0 unspecified atom stereocenters. The Hall–Kier alpha value is -2.63. The van der Waals surface area contributed by atoms with Crippen LogP contribution in [-0.4, -0.2) is 21.3 Å². The predicted octanol–water partition coefficient (Wildman–Crippen LogP) is 2.62. The summed E-state index contributed by atoms with van der Waals surface area (Å²) in [5, 5.41) is 16.5. The Morgan fingerprint density at radius 3 is 2.81 bits per heavy atom. The van der Waals surface area contributed by atoms with Crippen LogP contribution in [0.15, 0.2) is 28.7 Å². The van der Waals surface area contributed by atoms with Crippen molar-refractivity contribution in [2.45, 2.75) is 26.9 Å². The fourth-order valence-electron chi connectivity index (χ4n) is 1.79. The number of aliphatic carboxylic acids is 1. The van der Waals surface area contributed by atoms with Gasteiger partial charge in [-0.15, -0.1) is 10.2 Å². The molecule has 6 heteroatoms. The first-order valence-corrected chi connectivity index (χ1v) is 6.54. The lowest BCUT2D eigenvalue weighted by molar-refractivity contribution is -0.131. The summed E-state index contributed by atoms with van der Waals surface area (Å²) in [5.74, 6) is 0.547. The second kappa shape index (κ2) is 6.69. The van der Waals surface area contributed by atoms with E-state index in [0.717, 1.165) is 11.6 Å². The largest absolute Gasteiger partial charge is 0.483 e. The smallest absolute Gasteiger partial charge is 0.328 e. The van der Waals surface area contributed by atoms with E-state index in [-0.39, 0.29) is 6.61 Å². The number of hydrogen-bond donors (Lipinski definition) is 1. The molecule has 2 aromatic rings. The van der Waals surface area contributed by atoms with E-state index < -0.39 is 5.97 Å². The van der Waals surface area contributed by atoms with Gasteiger partial charge in [0, 0.05) is 18.1 Å². The van der Waals surface area contributed by atoms with Gasteiger partial charge in [0.2, 0.25) is 5.89 Å². The van der Waals surface area contributed by atoms with E-state index in [1.165, 1.54) is 6.08 Å². The summed E-state index contributed by atoms with van der Waals surface area (Å²) >= 11 is 0. The zero-order valence-corrected chi connectivity index (χ0v) is 11.9. The fourth-order valence-corrected chi connectivity index (χ4v) is 1.79. The Balaban J connectivity index is 2.16. The SMILES string of the molecule is CCc1nnc(COc2c(C)cccc2/C=C/C(=O)O)o1. The van der Waals surface area contributed by atoms with Crippen LogP contribution in [0.4, 0.5) is 0 Å². The van der Waals surface area contributed by atoms with Gasteiger partial charge in [-0.2, -0.15) is 0 Å². The highest BCUT2D eigenvalue weighted by molar-refractivity contribution is 5.86. The normalized spacial score (nSPS) is 11.0. The monoisotopic (exact) mass is 288 g/mol. The molecule has 1 aromatic carbocycles. The average Bonchev–Trinajstić information content (AvgIpc) is 2.92. The van der Waals surface area contributed by atoms with Crippen molar-refractivity contribution in [3.63, 3.8) is 0 Å². The van der Waals surface area contributed by atoms with Crippen molar-refractivity contribution in [3.8, 4) is 5.75 Å². The Morgan fingerprint density at radius 2 is 2.14 bits per heavy atom. The zero-order valence-electron chi connectivity index (χ0n) is 11.9. The van der Waals surface area contributed by atoms with Gasteiger partial charge >= 0.3 is 5.97 Å². The third-order valence-electron chi connectivity index (χ3n) is 2.80. The van der Waals surface area contributed by atoms with Crippen molar-refractivity contribution in [3.05, 3.63) is 47.2 Å². The first-order valence-electron chi connectivity index (χ1n) is 6.54. The van der Waals surface area contributed by atoms with Crippen molar-refractivity contribution in [1.29, 1.82) is 0 Å². The lowest BCUT2D eigenvalue weighted by atomic mass is 10.1. The van der Waals surface area contributed by atoms with E-state index in [2.05, 4.69) is 10.2 Å². The Kier molecular flexibility index (Phi) is 4.71. The lowest BCUT2D eigenvalue weighted by Gasteiger charge is -2.10. The van der Waals surface area contributed by atoms with E-state index >= 15 is 0 Å². The van der Waals surface area contributed by atoms with Gasteiger partial charge in [0.05, 0.1) is 0 Å². The molecule has 0 amide bonds. The molecule has 0 spiro atoms. The molecule has 0 radical (unpaired) electrons. The summed E-state index contributed by atoms with van der Waals surface area (Å²) in [7, 11) is 0. The molecule has 110 valence electrons. The van der Waals surface area contributed by atoms with E-state index in [4.69, 9.17) is 14.3 Å². The molecule has 6 nitrogen and oxygen atoms in total. The number of aromatic nitrogens is 2. The van der Waals surface area contributed by atoms with Gasteiger partial charge in [-0.25, -0.2) is 4.79 Å². The van der Waals surface area contributed by atoms with Crippen LogP contribution >= 0.6 is 0 Å². The van der Waals surface area contributed by atoms with Gasteiger partial charge in [0.15, 0.2) is 6.61 Å². The summed E-state index contributed by atoms with van der Waals surface area (Å²) < 4.78 is 11.1. The number of ether oxygens (including phenoxy) is 1. The van der Waals surface area contributed by atoms with Crippen LogP contribution in [0.3, 0.4) is 0 Å². The Bertz CT molecular complexity index is 661. The summed E-state index contributed by atoms with van der Waals surface area (Å²) in [6, 6.07) is 5.51. The van der Waals surface area contributed by atoms with Gasteiger partial charge in [-0.05, 0) is 18.6 Å². The van der Waals surface area contributed by atoms with Crippen LogP contribution in [0.25, 0.3) is 6.08 Å². The minimum atomic E-state index is -1.01. The van der Waals surface area contributed by atoms with Crippen molar-refractivity contribution in [2.24, 2.45) is 0 Å². The number of carboxylic acids is 1. The lowest BCUT2D eigenvalue weighted by Crippen LogP contribution is -1.99. The quantitative estimate of drug-likeness (QED) is 0.822. The zero-order chi connectivity index (χ0) is 15.2. The number of nitrogens with zero attached hydrogens (tertiary/aromatic N) is 2. The van der Waals surface area contributed by atoms with Crippen LogP contribution in [0.2, 0.25) is 0 Å². The number of hydrogen-bond acceptors (Lipinski definition) is 5. The molecule has 21 heavy (non-hydrogen) atoms. The highest BCUT2D eigenvalue weighted by Gasteiger charge is 2.09. The third kappa shape index (κ3) is 3.92. The minimum absolute atomic E-state index is 0.145. The molecule has 2 rings (SSSR count). The number of rotatable bonds is 6. The van der Waals surface area contributed by atoms with Crippen molar-refractivity contribution in [2.75, 3.05) is 0 Å². The van der Waals surface area contributed by atoms with Gasteiger partial charge < -0.3 is 14.3 Å². The molecular weight excluding hydrogens is 272 g/mol. The Morgan fingerprint density at radius 1 is 1.38 bits per heavy atom. The molecule has 0 bridgehead atoms. The molecule has 1 heterocycles. The van der Waals surface area contributed by atoms with Crippen molar-refractivity contribution in [1.82, 2.24) is 10.2 Å². The molecule has 0 aliphatic rings. The molecular formula is C15H16N2O4. The summed E-state index contributed by atoms with van der Waals surface area (Å²) in [6.07, 6.45) is 3.24. The molecule has 1 aromatic heterocycles. The van der Waals surface area contributed by atoms with Gasteiger partial charge in [0.1, 0.15) is 5.75 Å². The summed E-state index contributed by atoms with van der Waals surface area (Å²) in [6.45, 7) is 3.96. The maximum Gasteiger partial charge on any atom is 0.328 e. The molecule has 0 atom stereocenters. The predicted molar refractivity (Wildman–Crippen MR) is 75.9 cm³/mol. The summed E-state index contributed by atoms with van der Waals surface area (Å²) in [4.78, 5) is 10.6. The molecule has 1 N–H and O–H groups in total. The maximum atomic E-state index is 10.6. The van der Waals surface area contributed by atoms with Gasteiger partial charge in [-0.1, -0.05) is 25.1 Å². The van der Waals surface area contributed by atoms with Crippen molar-refractivity contribution >= 4 is 12.0 Å². The van der Waals surface area contributed by atoms with Crippen LogP contribution in [-0.2, 0) is 17.8 Å². The highest BCUT2D eigenvalue weighted by atomic mass is 16.5. The second-order valence-corrected chi connectivity index (χ2v) is 4.40. The van der Waals surface area contributed by atoms with E-state index in [0.29, 0.717) is 29.5 Å². The highest BCUT2D eigenvalue weighted by Crippen LogP contribution is 2.25. The number of benzene rings is 1. The number of aryl methyl sites for hydroxylation is 2. The fraction of sp³-hybridized carbons (Fsp3) is 0.267. The van der Waals surface area contributed by atoms with E-state index in [1.54, 1.807) is 6.07 Å². The van der Waals surface area contributed by atoms with Gasteiger partial charge in [0.25, 0.3) is 5.89 Å². The first kappa shape index (κ1) is 14.8. The third-order valence-corrected chi connectivity index (χ3v) is 2.80. The topological polar surface area (TPSA) is 85.5 Å². The van der Waals surface area contributed by atoms with E-state index in [9.17, 15) is 4.79 Å². The average molecular weight is 288 g/mol. The minimum Gasteiger partial charge on any atom is -0.483 e. The van der Waals surface area contributed by atoms with Crippen LogP contribution in [0.1, 0.15) is 29.8 Å². The van der Waals surface area contributed by atoms with Crippen LogP contribution in [0, 0.1) is 6.92 Å². The number of para-hydroxylation sites is 1. The maximum absolute atomic E-state index is 10.6. The van der Waals surface area contributed by atoms with Gasteiger partial charge in [-0.3, -0.25) is 0 Å². The second-order valence-electron chi connectivity index (χ2n) is 4.40. The molecule has 0 saturated heterocycles. The van der Waals surface area contributed by atoms with Crippen LogP contribution < -0.4 is 4.74 Å². The van der Waals surface area contributed by atoms with Crippen molar-refractivity contribution < 1.29 is 19.1 Å². The molecule has 0 aliphatic carbocycles. The molecule has 0 fully saturated rings. The molecule has 0 saturated carbocycles. The number of carbonyl (C=O) groups is 1. The Labute approximate surface area is 122 Å². The van der Waals surface area contributed by atoms with Crippen LogP contribution in [0.5, 0.6) is 5.75 Å². The summed E-state index contributed by atoms with van der Waals surface area (Å²) in [5.41, 5.74) is 1.59. The number of carboxylic acid groups (broad SMARTS) is 1.